The molecule has 0 amide bonds. The van der Waals surface area contributed by atoms with E-state index in [1.54, 1.807) is 0 Å². The molecule has 0 aliphatic heterocycles. The highest BCUT2D eigenvalue weighted by atomic mass is 15.1. The summed E-state index contributed by atoms with van der Waals surface area (Å²) in [5.41, 5.74) is 36.7. The van der Waals surface area contributed by atoms with Gasteiger partial charge in [0.1, 0.15) is 0 Å². The van der Waals surface area contributed by atoms with Gasteiger partial charge in [0.15, 0.2) is 0 Å². The molecule has 0 saturated heterocycles. The molecule has 0 spiro atoms. The molecule has 0 fully saturated rings. The van der Waals surface area contributed by atoms with Gasteiger partial charge >= 0.3 is 0 Å². The fourth-order valence-electron chi connectivity index (χ4n) is 16.0. The molecule has 20 aromatic rings. The molecule has 4 heteroatoms. The minimum Gasteiger partial charge on any atom is -0.356 e. The Hall–Kier alpha value is -16.4. The van der Waals surface area contributed by atoms with Gasteiger partial charge in [-0.25, -0.2) is 0 Å². The van der Waals surface area contributed by atoms with E-state index in [9.17, 15) is 0 Å². The molecule has 616 valence electrons. The van der Waals surface area contributed by atoms with Crippen LogP contribution in [-0.2, 0) is 25.7 Å². The fourth-order valence-corrected chi connectivity index (χ4v) is 16.0. The molecule has 0 aliphatic carbocycles. The van der Waals surface area contributed by atoms with Crippen LogP contribution in [0.2, 0.25) is 0 Å². The molecule has 0 aliphatic rings. The minimum absolute atomic E-state index is 0.960. The largest absolute Gasteiger partial charge is 0.356 e. The number of nitrogens with one attached hydrogen (secondary N) is 2. The van der Waals surface area contributed by atoms with Crippen molar-refractivity contribution in [2.45, 2.75) is 25.7 Å². The van der Waals surface area contributed by atoms with Gasteiger partial charge in [-0.15, -0.1) is 0 Å². The maximum absolute atomic E-state index is 3.43. The third-order valence-electron chi connectivity index (χ3n) is 22.8. The van der Waals surface area contributed by atoms with Crippen molar-refractivity contribution in [2.24, 2.45) is 0 Å². The highest BCUT2D eigenvalue weighted by Crippen LogP contribution is 2.39. The van der Waals surface area contributed by atoms with Gasteiger partial charge in [-0.05, 0) is 258 Å². The first-order chi connectivity index (χ1) is 63.4. The van der Waals surface area contributed by atoms with Crippen molar-refractivity contribution in [1.29, 1.82) is 0 Å². The number of hydrogen-bond acceptors (Lipinski definition) is 4. The predicted molar refractivity (Wildman–Crippen MR) is 544 cm³/mol. The Labute approximate surface area is 755 Å². The van der Waals surface area contributed by atoms with E-state index in [1.807, 2.05) is 36.4 Å². The van der Waals surface area contributed by atoms with Crippen molar-refractivity contribution in [3.05, 3.63) is 590 Å². The van der Waals surface area contributed by atoms with Crippen LogP contribution in [-0.4, -0.2) is 0 Å². The van der Waals surface area contributed by atoms with Crippen LogP contribution in [0.5, 0.6) is 0 Å². The molecule has 0 bridgehead atoms. The molecule has 0 aromatic heterocycles. The Kier molecular flexibility index (Phi) is 28.2. The second-order valence-corrected chi connectivity index (χ2v) is 31.8. The van der Waals surface area contributed by atoms with Gasteiger partial charge in [-0.2, -0.15) is 0 Å². The molecular weight excluding hydrogens is 1550 g/mol. The zero-order valence-electron chi connectivity index (χ0n) is 71.7. The summed E-state index contributed by atoms with van der Waals surface area (Å²) in [5, 5.41) is 6.85. The van der Waals surface area contributed by atoms with E-state index in [2.05, 4.69) is 530 Å². The van der Waals surface area contributed by atoms with E-state index in [0.29, 0.717) is 0 Å². The zero-order valence-corrected chi connectivity index (χ0v) is 71.7. The van der Waals surface area contributed by atoms with Crippen LogP contribution < -0.4 is 20.4 Å². The van der Waals surface area contributed by atoms with E-state index < -0.39 is 0 Å². The second-order valence-electron chi connectivity index (χ2n) is 31.8. The van der Waals surface area contributed by atoms with Crippen LogP contribution in [0.15, 0.2) is 546 Å². The smallest absolute Gasteiger partial charge is 0.0462 e. The van der Waals surface area contributed by atoms with Gasteiger partial charge in [0.05, 0.1) is 0 Å². The highest BCUT2D eigenvalue weighted by Gasteiger charge is 2.16. The van der Waals surface area contributed by atoms with Crippen molar-refractivity contribution >= 4 is 56.9 Å². The van der Waals surface area contributed by atoms with E-state index in [4.69, 9.17) is 0 Å². The molecule has 128 heavy (non-hydrogen) atoms. The minimum atomic E-state index is 0.960. The van der Waals surface area contributed by atoms with Gasteiger partial charge in [-0.3, -0.25) is 0 Å². The highest BCUT2D eigenvalue weighted by molar-refractivity contribution is 5.82. The van der Waals surface area contributed by atoms with Gasteiger partial charge in [0, 0.05) is 56.9 Å². The van der Waals surface area contributed by atoms with Crippen molar-refractivity contribution in [2.75, 3.05) is 20.4 Å². The average Bonchev–Trinajstić information content (AvgIpc) is 0.806. The maximum atomic E-state index is 3.43. The topological polar surface area (TPSA) is 30.5 Å². The zero-order chi connectivity index (χ0) is 86.4. The summed E-state index contributed by atoms with van der Waals surface area (Å²) in [4.78, 5) is 4.57. The van der Waals surface area contributed by atoms with Crippen LogP contribution in [0, 0.1) is 0 Å². The van der Waals surface area contributed by atoms with Gasteiger partial charge < -0.3 is 20.4 Å². The van der Waals surface area contributed by atoms with Gasteiger partial charge in [-0.1, -0.05) is 425 Å². The molecule has 0 unspecified atom stereocenters. The molecular formula is C124H100N4. The van der Waals surface area contributed by atoms with E-state index >= 15 is 0 Å². The molecule has 0 atom stereocenters. The summed E-state index contributed by atoms with van der Waals surface area (Å²) in [5.74, 6) is 0. The van der Waals surface area contributed by atoms with Crippen molar-refractivity contribution in [3.63, 3.8) is 0 Å². The normalized spacial score (nSPS) is 10.6. The van der Waals surface area contributed by atoms with E-state index in [0.717, 1.165) is 82.6 Å². The Morgan fingerprint density at radius 1 is 0.109 bits per heavy atom. The lowest BCUT2D eigenvalue weighted by Gasteiger charge is -2.25. The number of para-hydroxylation sites is 6. The van der Waals surface area contributed by atoms with E-state index in [1.165, 1.54) is 111 Å². The first-order valence-corrected chi connectivity index (χ1v) is 44.0. The molecule has 2 N–H and O–H groups in total. The second kappa shape index (κ2) is 43.1. The molecule has 20 aromatic carbocycles. The third kappa shape index (κ3) is 23.3. The quantitative estimate of drug-likeness (QED) is 0.0631. The fraction of sp³-hybridized carbons (Fsp3) is 0.0323. The Morgan fingerprint density at radius 3 is 0.422 bits per heavy atom. The number of benzene rings is 20. The summed E-state index contributed by atoms with van der Waals surface area (Å²) in [6.45, 7) is 0. The first-order valence-electron chi connectivity index (χ1n) is 44.0. The first kappa shape index (κ1) is 83.8. The number of hydrogen-bond donors (Lipinski definition) is 2. The monoisotopic (exact) mass is 1640 g/mol. The SMILES string of the molecule is c1ccc(Cc2ccc(-c3ccc(-c4ccc(N(c5ccccc5)c5ccccc5)cc4)cc3)cc2)cc1.c1ccc(Cc2ccc(-c3ccc(-c4ccc(Nc5ccccc5)cc4)cc3)cc2)cc1.c1ccc(Cc2ccc(-c3ccc(N(c4ccccc4)c4ccccc4)cc3)cc2)cc1.c1ccc(Cc2ccc(-c3ccc(Nc4ccccc4)cc3)cc2)cc1. The Morgan fingerprint density at radius 2 is 0.234 bits per heavy atom. The van der Waals surface area contributed by atoms with Crippen molar-refractivity contribution < 1.29 is 0 Å². The lowest BCUT2D eigenvalue weighted by atomic mass is 9.98. The number of anilines is 10. The lowest BCUT2D eigenvalue weighted by molar-refractivity contribution is 1.19. The molecule has 0 radical (unpaired) electrons. The van der Waals surface area contributed by atoms with Gasteiger partial charge in [0.2, 0.25) is 0 Å². The Balaban J connectivity index is 0.000000121. The van der Waals surface area contributed by atoms with Crippen LogP contribution in [0.4, 0.5) is 56.9 Å². The Bertz CT molecular complexity index is 6400. The van der Waals surface area contributed by atoms with Crippen LogP contribution in [0.25, 0.3) is 66.8 Å². The summed E-state index contributed by atoms with van der Waals surface area (Å²) in [6, 6.07) is 193. The van der Waals surface area contributed by atoms with Crippen LogP contribution >= 0.6 is 0 Å². The van der Waals surface area contributed by atoms with E-state index in [-0.39, 0.29) is 0 Å². The lowest BCUT2D eigenvalue weighted by Crippen LogP contribution is -2.09. The summed E-state index contributed by atoms with van der Waals surface area (Å²) >= 11 is 0. The van der Waals surface area contributed by atoms with Crippen molar-refractivity contribution in [1.82, 2.24) is 0 Å². The summed E-state index contributed by atoms with van der Waals surface area (Å²) in [6.07, 6.45) is 3.86. The predicted octanol–water partition coefficient (Wildman–Crippen LogP) is 33.5. The standard InChI is InChI=1S/C37H29N.2C31H25N.C25H21N/c1-4-10-29(11-5-1)28-30-16-18-31(19-17-30)32-20-22-33(23-21-32)34-24-26-37(27-25-34)38(35-12-6-2-7-13-35)36-14-8-3-9-15-36;1-4-10-25(11-5-1)24-26-16-18-27(19-17-26)28-20-22-31(23-21-28)32(29-12-6-2-7-13-29)30-14-8-3-9-15-30;1-3-7-24(8-4-1)23-25-11-13-26(14-12-25)27-15-17-28(18-16-27)29-19-21-31(22-20-29)32-30-9-5-2-6-10-30;1-3-7-20(8-4-1)19-21-11-13-22(14-12-21)23-15-17-25(18-16-23)26-24-9-5-2-6-10-24/h1-27H,28H2;1-23H,24H2;1-22,32H,23H2;1-18,26H,19H2. The number of nitrogens with zero attached hydrogens (tertiary/aromatic N) is 2. The molecule has 0 heterocycles. The number of rotatable bonds is 24. The van der Waals surface area contributed by atoms with Crippen LogP contribution in [0.1, 0.15) is 44.5 Å². The molecule has 20 rings (SSSR count). The molecule has 4 nitrogen and oxygen atoms in total. The van der Waals surface area contributed by atoms with Crippen molar-refractivity contribution in [3.8, 4) is 66.8 Å². The third-order valence-corrected chi connectivity index (χ3v) is 22.8. The molecule has 0 saturated carbocycles. The van der Waals surface area contributed by atoms with Crippen LogP contribution in [0.3, 0.4) is 0 Å². The average molecular weight is 1650 g/mol. The maximum Gasteiger partial charge on any atom is 0.0462 e. The summed E-state index contributed by atoms with van der Waals surface area (Å²) < 4.78 is 0. The summed E-state index contributed by atoms with van der Waals surface area (Å²) in [7, 11) is 0. The van der Waals surface area contributed by atoms with Gasteiger partial charge in [0.25, 0.3) is 0 Å².